The molecule has 2 aliphatic rings. The first kappa shape index (κ1) is 15.4. The molecule has 118 valence electrons. The second-order valence-electron chi connectivity index (χ2n) is 7.08. The van der Waals surface area contributed by atoms with Crippen LogP contribution in [0.15, 0.2) is 29.8 Å². The van der Waals surface area contributed by atoms with Gasteiger partial charge in [0.15, 0.2) is 5.78 Å². The topological polar surface area (TPSA) is 37.3 Å². The zero-order chi connectivity index (χ0) is 15.9. The molecule has 1 N–H and O–H groups in total. The third-order valence-electron chi connectivity index (χ3n) is 5.77. The number of Topliss-reactive ketones (excluding diaryl/α,β-unsaturated/α-hetero) is 1. The first-order valence-corrected chi connectivity index (χ1v) is 8.11. The van der Waals surface area contributed by atoms with Gasteiger partial charge >= 0.3 is 0 Å². The highest BCUT2D eigenvalue weighted by Crippen LogP contribution is 2.52. The number of hydrogen-bond donors (Lipinski definition) is 1. The van der Waals surface area contributed by atoms with Gasteiger partial charge in [0.05, 0.1) is 6.10 Å². The van der Waals surface area contributed by atoms with Crippen molar-refractivity contribution in [2.24, 2.45) is 17.3 Å². The molecule has 0 spiro atoms. The molecule has 0 radical (unpaired) electrons. The minimum atomic E-state index is -0.358. The van der Waals surface area contributed by atoms with Gasteiger partial charge in [-0.05, 0) is 66.9 Å². The minimum Gasteiger partial charge on any atom is -0.393 e. The highest BCUT2D eigenvalue weighted by molar-refractivity contribution is 6.04. The molecule has 0 bridgehead atoms. The molecule has 2 aliphatic carbocycles. The number of aliphatic hydroxyl groups is 1. The van der Waals surface area contributed by atoms with Crippen molar-refractivity contribution in [3.63, 3.8) is 0 Å². The maximum Gasteiger partial charge on any atom is 0.165 e. The summed E-state index contributed by atoms with van der Waals surface area (Å²) >= 11 is 0. The fourth-order valence-electron chi connectivity index (χ4n) is 4.30. The van der Waals surface area contributed by atoms with Crippen LogP contribution < -0.4 is 0 Å². The molecule has 3 heteroatoms. The Bertz CT molecular complexity index is 604. The first-order valence-electron chi connectivity index (χ1n) is 8.11. The van der Waals surface area contributed by atoms with Gasteiger partial charge in [-0.2, -0.15) is 0 Å². The molecule has 0 amide bonds. The van der Waals surface area contributed by atoms with Gasteiger partial charge in [0.1, 0.15) is 5.82 Å². The molecular weight excluding hydrogens is 279 g/mol. The minimum absolute atomic E-state index is 0.176. The Kier molecular flexibility index (Phi) is 3.94. The molecule has 0 heterocycles. The number of aliphatic hydroxyl groups excluding tert-OH is 1. The van der Waals surface area contributed by atoms with Crippen molar-refractivity contribution >= 4 is 11.9 Å². The molecule has 2 nitrogen and oxygen atoms in total. The van der Waals surface area contributed by atoms with Crippen molar-refractivity contribution in [2.75, 3.05) is 0 Å². The van der Waals surface area contributed by atoms with E-state index in [9.17, 15) is 14.3 Å². The largest absolute Gasteiger partial charge is 0.393 e. The van der Waals surface area contributed by atoms with E-state index in [-0.39, 0.29) is 35.0 Å². The molecular formula is C19H23FO2. The molecule has 3 rings (SSSR count). The average Bonchev–Trinajstić information content (AvgIpc) is 2.50. The Morgan fingerprint density at radius 2 is 1.95 bits per heavy atom. The monoisotopic (exact) mass is 302 g/mol. The summed E-state index contributed by atoms with van der Waals surface area (Å²) in [6, 6.07) is 6.25. The molecule has 0 saturated heterocycles. The highest BCUT2D eigenvalue weighted by atomic mass is 19.1. The van der Waals surface area contributed by atoms with Gasteiger partial charge in [0.2, 0.25) is 0 Å². The van der Waals surface area contributed by atoms with Crippen LogP contribution in [0.5, 0.6) is 0 Å². The van der Waals surface area contributed by atoms with Gasteiger partial charge < -0.3 is 5.11 Å². The van der Waals surface area contributed by atoms with E-state index in [1.807, 2.05) is 6.08 Å². The number of carbonyl (C=O) groups excluding carboxylic acids is 1. The predicted molar refractivity (Wildman–Crippen MR) is 84.6 cm³/mol. The van der Waals surface area contributed by atoms with Crippen LogP contribution in [-0.2, 0) is 4.79 Å². The van der Waals surface area contributed by atoms with Gasteiger partial charge in [-0.1, -0.05) is 26.0 Å². The second kappa shape index (κ2) is 5.62. The summed E-state index contributed by atoms with van der Waals surface area (Å²) in [6.45, 7) is 4.12. The molecule has 2 unspecified atom stereocenters. The fraction of sp³-hybridized carbons (Fsp3) is 0.526. The van der Waals surface area contributed by atoms with Crippen LogP contribution in [0, 0.1) is 23.1 Å². The summed E-state index contributed by atoms with van der Waals surface area (Å²) < 4.78 is 13.0. The zero-order valence-corrected chi connectivity index (χ0v) is 13.2. The lowest BCUT2D eigenvalue weighted by Gasteiger charge is -2.49. The molecule has 2 fully saturated rings. The van der Waals surface area contributed by atoms with Crippen LogP contribution in [0.1, 0.15) is 45.1 Å². The predicted octanol–water partition coefficient (Wildman–Crippen LogP) is 3.99. The molecule has 22 heavy (non-hydrogen) atoms. The zero-order valence-electron chi connectivity index (χ0n) is 13.2. The SMILES string of the molecule is C[C@@H]1C(O)CC[C@]2(C)C(=O)C(=Cc3ccc(F)cc3)CCC12. The summed E-state index contributed by atoms with van der Waals surface area (Å²) in [6.07, 6.45) is 4.75. The van der Waals surface area contributed by atoms with Crippen LogP contribution in [0.25, 0.3) is 6.08 Å². The Morgan fingerprint density at radius 1 is 1.27 bits per heavy atom. The van der Waals surface area contributed by atoms with E-state index in [2.05, 4.69) is 13.8 Å². The van der Waals surface area contributed by atoms with Gasteiger partial charge in [-0.15, -0.1) is 0 Å². The molecule has 2 saturated carbocycles. The number of hydrogen-bond acceptors (Lipinski definition) is 2. The second-order valence-corrected chi connectivity index (χ2v) is 7.08. The maximum atomic E-state index is 13.0. The van der Waals surface area contributed by atoms with Crippen molar-refractivity contribution in [3.8, 4) is 0 Å². The number of allylic oxidation sites excluding steroid dienone is 1. The maximum absolute atomic E-state index is 13.0. The Balaban J connectivity index is 1.89. The number of carbonyl (C=O) groups is 1. The number of rotatable bonds is 1. The van der Waals surface area contributed by atoms with E-state index >= 15 is 0 Å². The molecule has 0 aromatic heterocycles. The summed E-state index contributed by atoms with van der Waals surface area (Å²) in [4.78, 5) is 13.0. The Hall–Kier alpha value is -1.48. The van der Waals surface area contributed by atoms with Crippen LogP contribution in [0.3, 0.4) is 0 Å². The molecule has 4 atom stereocenters. The average molecular weight is 302 g/mol. The third kappa shape index (κ3) is 2.52. The normalized spacial score (nSPS) is 37.2. The highest BCUT2D eigenvalue weighted by Gasteiger charge is 2.51. The molecule has 1 aromatic rings. The van der Waals surface area contributed by atoms with E-state index < -0.39 is 0 Å². The van der Waals surface area contributed by atoms with Crippen molar-refractivity contribution in [2.45, 2.75) is 45.6 Å². The molecule has 0 aliphatic heterocycles. The van der Waals surface area contributed by atoms with E-state index in [4.69, 9.17) is 0 Å². The quantitative estimate of drug-likeness (QED) is 0.797. The van der Waals surface area contributed by atoms with Crippen molar-refractivity contribution < 1.29 is 14.3 Å². The standard InChI is InChI=1S/C19H23FO2/c1-12-16-8-5-14(11-13-3-6-15(20)7-4-13)18(22)19(16,2)10-9-17(12)21/h3-4,6-7,11-12,16-17,21H,5,8-10H2,1-2H3/t12-,16?,17?,19-/m0/s1. The van der Waals surface area contributed by atoms with E-state index in [1.54, 1.807) is 12.1 Å². The van der Waals surface area contributed by atoms with Gasteiger partial charge in [0.25, 0.3) is 0 Å². The smallest absolute Gasteiger partial charge is 0.165 e. The van der Waals surface area contributed by atoms with Gasteiger partial charge in [-0.25, -0.2) is 4.39 Å². The Labute approximate surface area is 131 Å². The van der Waals surface area contributed by atoms with Crippen molar-refractivity contribution in [1.29, 1.82) is 0 Å². The lowest BCUT2D eigenvalue weighted by molar-refractivity contribution is -0.137. The lowest BCUT2D eigenvalue weighted by atomic mass is 9.55. The third-order valence-corrected chi connectivity index (χ3v) is 5.77. The van der Waals surface area contributed by atoms with Gasteiger partial charge in [0, 0.05) is 5.41 Å². The van der Waals surface area contributed by atoms with E-state index in [1.165, 1.54) is 12.1 Å². The summed E-state index contributed by atoms with van der Waals surface area (Å²) in [5.74, 6) is 0.384. The van der Waals surface area contributed by atoms with E-state index in [0.29, 0.717) is 6.42 Å². The van der Waals surface area contributed by atoms with Crippen LogP contribution in [-0.4, -0.2) is 17.0 Å². The van der Waals surface area contributed by atoms with E-state index in [0.717, 1.165) is 30.4 Å². The number of ketones is 1. The summed E-state index contributed by atoms with van der Waals surface area (Å²) in [7, 11) is 0. The molecule has 1 aromatic carbocycles. The van der Waals surface area contributed by atoms with Crippen LogP contribution >= 0.6 is 0 Å². The lowest BCUT2D eigenvalue weighted by Crippen LogP contribution is -2.50. The van der Waals surface area contributed by atoms with Crippen LogP contribution in [0.2, 0.25) is 0 Å². The first-order chi connectivity index (χ1) is 10.4. The fourth-order valence-corrected chi connectivity index (χ4v) is 4.30. The summed E-state index contributed by atoms with van der Waals surface area (Å²) in [5, 5.41) is 10.1. The summed E-state index contributed by atoms with van der Waals surface area (Å²) in [5.41, 5.74) is 1.35. The van der Waals surface area contributed by atoms with Crippen LogP contribution in [0.4, 0.5) is 4.39 Å². The van der Waals surface area contributed by atoms with Crippen molar-refractivity contribution in [3.05, 3.63) is 41.2 Å². The van der Waals surface area contributed by atoms with Crippen molar-refractivity contribution in [1.82, 2.24) is 0 Å². The Morgan fingerprint density at radius 3 is 2.64 bits per heavy atom. The number of halogens is 1. The van der Waals surface area contributed by atoms with Gasteiger partial charge in [-0.3, -0.25) is 4.79 Å². The number of benzene rings is 1. The number of fused-ring (bicyclic) bond motifs is 1.